The van der Waals surface area contributed by atoms with E-state index in [9.17, 15) is 4.79 Å². The Morgan fingerprint density at radius 3 is 2.95 bits per heavy atom. The summed E-state index contributed by atoms with van der Waals surface area (Å²) in [7, 11) is 1.39. The molecule has 19 heavy (non-hydrogen) atoms. The first-order chi connectivity index (χ1) is 9.22. The highest BCUT2D eigenvalue weighted by Gasteiger charge is 2.12. The van der Waals surface area contributed by atoms with Crippen molar-refractivity contribution in [2.24, 2.45) is 0 Å². The van der Waals surface area contributed by atoms with Crippen LogP contribution in [0.25, 0.3) is 0 Å². The van der Waals surface area contributed by atoms with Gasteiger partial charge in [-0.3, -0.25) is 0 Å². The number of methoxy groups -OCH3 is 1. The molecule has 0 bridgehead atoms. The molecule has 1 N–H and O–H groups in total. The van der Waals surface area contributed by atoms with Gasteiger partial charge in [-0.15, -0.1) is 11.3 Å². The predicted molar refractivity (Wildman–Crippen MR) is 75.2 cm³/mol. The molecule has 1 aromatic heterocycles. The first-order valence-corrected chi connectivity index (χ1v) is 6.89. The van der Waals surface area contributed by atoms with Gasteiger partial charge >= 0.3 is 5.97 Å². The lowest BCUT2D eigenvalue weighted by molar-refractivity contribution is 0.0599. The summed E-state index contributed by atoms with van der Waals surface area (Å²) in [6.07, 6.45) is 1.79. The van der Waals surface area contributed by atoms with Crippen LogP contribution in [0.3, 0.4) is 0 Å². The van der Waals surface area contributed by atoms with Crippen molar-refractivity contribution in [1.29, 1.82) is 0 Å². The molecular weight excluding hydrogens is 260 g/mol. The minimum absolute atomic E-state index is 0.158. The number of carbonyl (C=O) groups is 1. The molecule has 0 saturated heterocycles. The number of rotatable bonds is 5. The van der Waals surface area contributed by atoms with E-state index in [2.05, 4.69) is 17.2 Å². The summed E-state index contributed by atoms with van der Waals surface area (Å²) in [5, 5.41) is 6.35. The minimum atomic E-state index is -0.306. The van der Waals surface area contributed by atoms with Crippen LogP contribution in [0.15, 0.2) is 35.8 Å². The standard InChI is InChI=1S/C14H16N2O2S/c1-10(13-15-7-8-19-13)16-9-11-5-3-4-6-12(11)14(17)18-2/h3-8,10,16H,9H2,1-2H3. The predicted octanol–water partition coefficient (Wildman–Crippen LogP) is 2.78. The van der Waals surface area contributed by atoms with E-state index in [1.807, 2.05) is 23.6 Å². The molecule has 4 nitrogen and oxygen atoms in total. The van der Waals surface area contributed by atoms with Crippen molar-refractivity contribution >= 4 is 17.3 Å². The van der Waals surface area contributed by atoms with Crippen LogP contribution in [0.2, 0.25) is 0 Å². The molecule has 0 aliphatic heterocycles. The van der Waals surface area contributed by atoms with Gasteiger partial charge < -0.3 is 10.1 Å². The number of thiazole rings is 1. The fourth-order valence-electron chi connectivity index (χ4n) is 1.78. The zero-order chi connectivity index (χ0) is 13.7. The number of carbonyl (C=O) groups excluding carboxylic acids is 1. The second kappa shape index (κ2) is 6.45. The Bertz CT molecular complexity index is 540. The number of hydrogen-bond acceptors (Lipinski definition) is 5. The number of nitrogens with zero attached hydrogens (tertiary/aromatic N) is 1. The van der Waals surface area contributed by atoms with Gasteiger partial charge in [0.1, 0.15) is 5.01 Å². The summed E-state index contributed by atoms with van der Waals surface area (Å²) < 4.78 is 4.78. The third-order valence-corrected chi connectivity index (χ3v) is 3.80. The van der Waals surface area contributed by atoms with Crippen LogP contribution in [0.4, 0.5) is 0 Å². The summed E-state index contributed by atoms with van der Waals surface area (Å²) in [4.78, 5) is 15.9. The van der Waals surface area contributed by atoms with Gasteiger partial charge in [0.15, 0.2) is 0 Å². The topological polar surface area (TPSA) is 51.2 Å². The van der Waals surface area contributed by atoms with Gasteiger partial charge in [0.2, 0.25) is 0 Å². The molecule has 1 aromatic carbocycles. The van der Waals surface area contributed by atoms with Crippen LogP contribution in [-0.2, 0) is 11.3 Å². The van der Waals surface area contributed by atoms with Gasteiger partial charge in [-0.1, -0.05) is 18.2 Å². The summed E-state index contributed by atoms with van der Waals surface area (Å²) in [6.45, 7) is 2.66. The lowest BCUT2D eigenvalue weighted by atomic mass is 10.1. The summed E-state index contributed by atoms with van der Waals surface area (Å²) >= 11 is 1.62. The Labute approximate surface area is 116 Å². The van der Waals surface area contributed by atoms with Crippen molar-refractivity contribution in [1.82, 2.24) is 10.3 Å². The first kappa shape index (κ1) is 13.7. The summed E-state index contributed by atoms with van der Waals surface area (Å²) in [5.41, 5.74) is 1.53. The third-order valence-electron chi connectivity index (χ3n) is 2.84. The van der Waals surface area contributed by atoms with E-state index in [1.165, 1.54) is 7.11 Å². The normalized spacial score (nSPS) is 12.1. The maximum atomic E-state index is 11.6. The molecule has 2 rings (SSSR count). The Morgan fingerprint density at radius 1 is 1.47 bits per heavy atom. The smallest absolute Gasteiger partial charge is 0.338 e. The molecule has 0 aliphatic rings. The maximum Gasteiger partial charge on any atom is 0.338 e. The summed E-state index contributed by atoms with van der Waals surface area (Å²) in [5.74, 6) is -0.306. The van der Waals surface area contributed by atoms with Crippen molar-refractivity contribution in [3.05, 3.63) is 52.0 Å². The van der Waals surface area contributed by atoms with Crippen LogP contribution >= 0.6 is 11.3 Å². The molecule has 0 saturated carbocycles. The van der Waals surface area contributed by atoms with E-state index in [0.29, 0.717) is 12.1 Å². The van der Waals surface area contributed by atoms with Crippen molar-refractivity contribution < 1.29 is 9.53 Å². The zero-order valence-corrected chi connectivity index (χ0v) is 11.7. The van der Waals surface area contributed by atoms with Gasteiger partial charge in [0.25, 0.3) is 0 Å². The number of ether oxygens (including phenoxy) is 1. The molecule has 5 heteroatoms. The molecule has 2 aromatic rings. The van der Waals surface area contributed by atoms with Crippen LogP contribution < -0.4 is 5.32 Å². The molecule has 1 heterocycles. The zero-order valence-electron chi connectivity index (χ0n) is 10.9. The first-order valence-electron chi connectivity index (χ1n) is 6.01. The number of benzene rings is 1. The number of hydrogen-bond donors (Lipinski definition) is 1. The molecule has 1 atom stereocenters. The Kier molecular flexibility index (Phi) is 4.65. The lowest BCUT2D eigenvalue weighted by Crippen LogP contribution is -2.19. The third kappa shape index (κ3) is 3.39. The van der Waals surface area contributed by atoms with Gasteiger partial charge in [0.05, 0.1) is 18.7 Å². The lowest BCUT2D eigenvalue weighted by Gasteiger charge is -2.13. The highest BCUT2D eigenvalue weighted by Crippen LogP contribution is 2.16. The van der Waals surface area contributed by atoms with Gasteiger partial charge in [0, 0.05) is 18.1 Å². The minimum Gasteiger partial charge on any atom is -0.465 e. The van der Waals surface area contributed by atoms with E-state index in [4.69, 9.17) is 4.74 Å². The average molecular weight is 276 g/mol. The van der Waals surface area contributed by atoms with E-state index >= 15 is 0 Å². The van der Waals surface area contributed by atoms with Crippen LogP contribution in [0, 0.1) is 0 Å². The SMILES string of the molecule is COC(=O)c1ccccc1CNC(C)c1nccs1. The molecule has 100 valence electrons. The van der Waals surface area contributed by atoms with Crippen LogP contribution in [0.1, 0.15) is 33.9 Å². The van der Waals surface area contributed by atoms with E-state index in [-0.39, 0.29) is 12.0 Å². The number of nitrogens with one attached hydrogen (secondary N) is 1. The molecular formula is C14H16N2O2S. The maximum absolute atomic E-state index is 11.6. The van der Waals surface area contributed by atoms with Gasteiger partial charge in [-0.2, -0.15) is 0 Å². The highest BCUT2D eigenvalue weighted by molar-refractivity contribution is 7.09. The van der Waals surface area contributed by atoms with E-state index in [1.54, 1.807) is 23.6 Å². The van der Waals surface area contributed by atoms with Gasteiger partial charge in [-0.05, 0) is 18.6 Å². The van der Waals surface area contributed by atoms with Crippen molar-refractivity contribution in [2.45, 2.75) is 19.5 Å². The fraction of sp³-hybridized carbons (Fsp3) is 0.286. The van der Waals surface area contributed by atoms with Crippen molar-refractivity contribution in [3.63, 3.8) is 0 Å². The Hall–Kier alpha value is -1.72. The fourth-order valence-corrected chi connectivity index (χ4v) is 2.45. The quantitative estimate of drug-likeness (QED) is 0.853. The van der Waals surface area contributed by atoms with Crippen LogP contribution in [0.5, 0.6) is 0 Å². The highest BCUT2D eigenvalue weighted by atomic mass is 32.1. The second-order valence-corrected chi connectivity index (χ2v) is 5.05. The van der Waals surface area contributed by atoms with Crippen molar-refractivity contribution in [3.8, 4) is 0 Å². The number of aromatic nitrogens is 1. The van der Waals surface area contributed by atoms with Crippen molar-refractivity contribution in [2.75, 3.05) is 7.11 Å². The van der Waals surface area contributed by atoms with Gasteiger partial charge in [-0.25, -0.2) is 9.78 Å². The van der Waals surface area contributed by atoms with E-state index < -0.39 is 0 Å². The number of esters is 1. The molecule has 0 radical (unpaired) electrons. The second-order valence-electron chi connectivity index (χ2n) is 4.12. The average Bonchev–Trinajstić information content (AvgIpc) is 2.98. The largest absolute Gasteiger partial charge is 0.465 e. The molecule has 1 unspecified atom stereocenters. The Morgan fingerprint density at radius 2 is 2.26 bits per heavy atom. The van der Waals surface area contributed by atoms with E-state index in [0.717, 1.165) is 10.6 Å². The molecule has 0 aliphatic carbocycles. The summed E-state index contributed by atoms with van der Waals surface area (Å²) in [6, 6.07) is 7.60. The monoisotopic (exact) mass is 276 g/mol. The molecule has 0 amide bonds. The molecule has 0 spiro atoms. The van der Waals surface area contributed by atoms with Crippen LogP contribution in [-0.4, -0.2) is 18.1 Å². The Balaban J connectivity index is 2.05. The molecule has 0 fully saturated rings.